The van der Waals surface area contributed by atoms with E-state index < -0.39 is 0 Å². The molecule has 4 rings (SSSR count). The van der Waals surface area contributed by atoms with Gasteiger partial charge in [0.15, 0.2) is 0 Å². The van der Waals surface area contributed by atoms with Crippen LogP contribution in [0, 0.1) is 6.92 Å². The summed E-state index contributed by atoms with van der Waals surface area (Å²) in [6.45, 7) is 2.94. The summed E-state index contributed by atoms with van der Waals surface area (Å²) in [5, 5.41) is 0. The van der Waals surface area contributed by atoms with Crippen molar-refractivity contribution >= 4 is 37.0 Å². The van der Waals surface area contributed by atoms with E-state index in [4.69, 9.17) is 0 Å². The first-order valence-electron chi connectivity index (χ1n) is 9.57. The summed E-state index contributed by atoms with van der Waals surface area (Å²) in [5.74, 6) is -0.105. The Labute approximate surface area is 177 Å². The number of hydrogen-bond donors (Lipinski definition) is 0. The molecule has 1 atom stereocenters. The first-order valence-corrected chi connectivity index (χ1v) is 11.4. The Bertz CT molecular complexity index is 931. The standard InChI is InChI=1S/C24H22N2O2Se/c1-18-12-14-20(15-13-18)26-23(27)22(29-21-10-6-3-7-11-21)17-25(24(26)28)16-19-8-4-2-5-9-19/h2-15,22H,16-17H2,1H3. The van der Waals surface area contributed by atoms with Crippen LogP contribution >= 0.6 is 0 Å². The molecular formula is C24H22N2O2Se. The fraction of sp³-hybridized carbons (Fsp3) is 0.167. The molecule has 4 nitrogen and oxygen atoms in total. The molecular weight excluding hydrogens is 427 g/mol. The van der Waals surface area contributed by atoms with Crippen LogP contribution in [0.3, 0.4) is 0 Å². The number of imide groups is 1. The number of aryl methyl sites for hydroxylation is 1. The van der Waals surface area contributed by atoms with Crippen molar-refractivity contribution in [1.29, 1.82) is 0 Å². The van der Waals surface area contributed by atoms with E-state index in [0.717, 1.165) is 15.6 Å². The van der Waals surface area contributed by atoms with E-state index in [-0.39, 0.29) is 31.7 Å². The summed E-state index contributed by atoms with van der Waals surface area (Å²) in [4.78, 5) is 29.5. The van der Waals surface area contributed by atoms with Gasteiger partial charge in [0.25, 0.3) is 0 Å². The molecule has 5 heteroatoms. The molecule has 29 heavy (non-hydrogen) atoms. The average molecular weight is 449 g/mol. The molecule has 0 N–H and O–H groups in total. The Balaban J connectivity index is 1.65. The van der Waals surface area contributed by atoms with Crippen molar-refractivity contribution in [2.75, 3.05) is 11.4 Å². The van der Waals surface area contributed by atoms with Gasteiger partial charge in [-0.3, -0.25) is 0 Å². The monoisotopic (exact) mass is 450 g/mol. The summed E-state index contributed by atoms with van der Waals surface area (Å²) < 4.78 is 1.16. The number of hydrogen-bond acceptors (Lipinski definition) is 2. The van der Waals surface area contributed by atoms with E-state index in [0.29, 0.717) is 18.8 Å². The maximum atomic E-state index is 13.3. The summed E-state index contributed by atoms with van der Waals surface area (Å²) in [5.41, 5.74) is 2.79. The van der Waals surface area contributed by atoms with Crippen LogP contribution in [0.15, 0.2) is 84.9 Å². The van der Waals surface area contributed by atoms with Crippen LogP contribution < -0.4 is 9.36 Å². The van der Waals surface area contributed by atoms with Gasteiger partial charge in [-0.15, -0.1) is 0 Å². The topological polar surface area (TPSA) is 40.6 Å². The van der Waals surface area contributed by atoms with E-state index in [1.54, 1.807) is 4.90 Å². The molecule has 3 aromatic carbocycles. The predicted octanol–water partition coefficient (Wildman–Crippen LogP) is 3.78. The fourth-order valence-corrected chi connectivity index (χ4v) is 5.67. The third-order valence-electron chi connectivity index (χ3n) is 4.87. The van der Waals surface area contributed by atoms with Crippen molar-refractivity contribution < 1.29 is 9.59 Å². The molecule has 1 fully saturated rings. The number of benzene rings is 3. The van der Waals surface area contributed by atoms with Gasteiger partial charge in [-0.05, 0) is 0 Å². The molecule has 3 aromatic rings. The number of nitrogens with zero attached hydrogens (tertiary/aromatic N) is 2. The third kappa shape index (κ3) is 4.42. The Morgan fingerprint density at radius 3 is 2.14 bits per heavy atom. The van der Waals surface area contributed by atoms with Gasteiger partial charge in [0.1, 0.15) is 0 Å². The number of anilines is 1. The summed E-state index contributed by atoms with van der Waals surface area (Å²) in [7, 11) is 0. The van der Waals surface area contributed by atoms with Crippen LogP contribution in [-0.4, -0.2) is 38.3 Å². The van der Waals surface area contributed by atoms with Gasteiger partial charge in [0, 0.05) is 0 Å². The molecule has 1 aliphatic rings. The van der Waals surface area contributed by atoms with Gasteiger partial charge < -0.3 is 0 Å². The molecule has 0 spiro atoms. The van der Waals surface area contributed by atoms with E-state index >= 15 is 0 Å². The quantitative estimate of drug-likeness (QED) is 0.557. The van der Waals surface area contributed by atoms with Gasteiger partial charge >= 0.3 is 177 Å². The second-order valence-electron chi connectivity index (χ2n) is 7.08. The minimum atomic E-state index is -0.247. The predicted molar refractivity (Wildman–Crippen MR) is 116 cm³/mol. The van der Waals surface area contributed by atoms with E-state index in [1.165, 1.54) is 4.90 Å². The molecule has 146 valence electrons. The molecule has 0 aliphatic carbocycles. The van der Waals surface area contributed by atoms with E-state index in [1.807, 2.05) is 79.7 Å². The first kappa shape index (κ1) is 19.4. The van der Waals surface area contributed by atoms with Crippen LogP contribution in [0.5, 0.6) is 0 Å². The van der Waals surface area contributed by atoms with Crippen molar-refractivity contribution in [2.45, 2.75) is 18.3 Å². The number of rotatable bonds is 5. The van der Waals surface area contributed by atoms with Crippen molar-refractivity contribution in [1.82, 2.24) is 4.90 Å². The number of amides is 3. The second kappa shape index (κ2) is 8.64. The normalized spacial score (nSPS) is 16.9. The van der Waals surface area contributed by atoms with Gasteiger partial charge in [0.05, 0.1) is 0 Å². The molecule has 1 saturated heterocycles. The molecule has 1 unspecified atom stereocenters. The van der Waals surface area contributed by atoms with Gasteiger partial charge in [-0.2, -0.15) is 0 Å². The molecule has 0 bridgehead atoms. The SMILES string of the molecule is Cc1ccc(N2C(=O)C([Se]c3ccccc3)CN(Cc3ccccc3)C2=O)cc1. The summed E-state index contributed by atoms with van der Waals surface area (Å²) in [6, 6.07) is 27.3. The first-order chi connectivity index (χ1) is 14.1. The minimum absolute atomic E-state index is 0.0586. The molecule has 0 aromatic heterocycles. The van der Waals surface area contributed by atoms with Gasteiger partial charge in [-0.1, -0.05) is 0 Å². The van der Waals surface area contributed by atoms with Crippen molar-refractivity contribution in [3.63, 3.8) is 0 Å². The zero-order chi connectivity index (χ0) is 20.2. The summed E-state index contributed by atoms with van der Waals surface area (Å²) in [6.07, 6.45) is 0. The molecule has 0 saturated carbocycles. The molecule has 3 amide bonds. The fourth-order valence-electron chi connectivity index (χ4n) is 3.35. The van der Waals surface area contributed by atoms with E-state index in [9.17, 15) is 9.59 Å². The number of carbonyl (C=O) groups is 2. The maximum absolute atomic E-state index is 13.3. The number of urea groups is 1. The van der Waals surface area contributed by atoms with Crippen molar-refractivity contribution in [2.24, 2.45) is 0 Å². The Morgan fingerprint density at radius 2 is 1.48 bits per heavy atom. The Morgan fingerprint density at radius 1 is 0.862 bits per heavy atom. The van der Waals surface area contributed by atoms with Gasteiger partial charge in [0.2, 0.25) is 0 Å². The van der Waals surface area contributed by atoms with E-state index in [2.05, 4.69) is 12.1 Å². The number of carbonyl (C=O) groups excluding carboxylic acids is 2. The van der Waals surface area contributed by atoms with Gasteiger partial charge in [-0.25, -0.2) is 0 Å². The molecule has 1 heterocycles. The van der Waals surface area contributed by atoms with Crippen LogP contribution in [0.4, 0.5) is 10.5 Å². The van der Waals surface area contributed by atoms with Crippen molar-refractivity contribution in [3.05, 3.63) is 96.1 Å². The van der Waals surface area contributed by atoms with Crippen LogP contribution in [0.25, 0.3) is 0 Å². The zero-order valence-corrected chi connectivity index (χ0v) is 17.9. The van der Waals surface area contributed by atoms with Crippen LogP contribution in [-0.2, 0) is 11.3 Å². The Hall–Kier alpha value is -2.88. The molecule has 0 radical (unpaired) electrons. The molecule has 1 aliphatic heterocycles. The summed E-state index contributed by atoms with van der Waals surface area (Å²) >= 11 is -0.0586. The average Bonchev–Trinajstić information content (AvgIpc) is 2.74. The van der Waals surface area contributed by atoms with Crippen molar-refractivity contribution in [3.8, 4) is 0 Å². The zero-order valence-electron chi connectivity index (χ0n) is 16.2. The third-order valence-corrected chi connectivity index (χ3v) is 7.35. The second-order valence-corrected chi connectivity index (χ2v) is 9.75. The van der Waals surface area contributed by atoms with Crippen LogP contribution in [0.1, 0.15) is 11.1 Å². The Kier molecular flexibility index (Phi) is 5.79. The van der Waals surface area contributed by atoms with Crippen LogP contribution in [0.2, 0.25) is 4.82 Å².